The number of nitrogens with zero attached hydrogens (tertiary/aromatic N) is 4. The number of halogens is 1. The number of para-hydroxylation sites is 2. The standard InChI is InChI=1S/C23H17FN4OS/c24-17-10-12-18(13-11-17)28-21(14-16-6-2-1-3-7-16)26-27-23(28)30-15-22-25-19-8-4-5-9-20(19)29-22/h1-13H,14-15H2. The molecule has 0 spiro atoms. The molecule has 0 radical (unpaired) electrons. The van der Waals surface area contributed by atoms with E-state index < -0.39 is 0 Å². The van der Waals surface area contributed by atoms with Crippen LogP contribution in [-0.4, -0.2) is 19.7 Å². The number of aromatic nitrogens is 4. The van der Waals surface area contributed by atoms with E-state index in [2.05, 4.69) is 27.3 Å². The number of fused-ring (bicyclic) bond motifs is 1. The quantitative estimate of drug-likeness (QED) is 0.346. The molecule has 0 amide bonds. The van der Waals surface area contributed by atoms with Gasteiger partial charge in [0.05, 0.1) is 5.75 Å². The Morgan fingerprint density at radius 1 is 0.867 bits per heavy atom. The molecule has 148 valence electrons. The molecule has 7 heteroatoms. The highest BCUT2D eigenvalue weighted by molar-refractivity contribution is 7.98. The molecule has 0 aliphatic carbocycles. The maximum atomic E-state index is 13.5. The van der Waals surface area contributed by atoms with Crippen molar-refractivity contribution in [2.75, 3.05) is 0 Å². The first-order valence-corrected chi connectivity index (χ1v) is 10.5. The lowest BCUT2D eigenvalue weighted by Gasteiger charge is -2.10. The fourth-order valence-electron chi connectivity index (χ4n) is 3.24. The van der Waals surface area contributed by atoms with Crippen molar-refractivity contribution in [1.82, 2.24) is 19.7 Å². The second-order valence-electron chi connectivity index (χ2n) is 6.74. The smallest absolute Gasteiger partial charge is 0.205 e. The van der Waals surface area contributed by atoms with Gasteiger partial charge in [0.1, 0.15) is 17.2 Å². The van der Waals surface area contributed by atoms with Crippen molar-refractivity contribution in [2.24, 2.45) is 0 Å². The van der Waals surface area contributed by atoms with Crippen LogP contribution in [0.4, 0.5) is 4.39 Å². The summed E-state index contributed by atoms with van der Waals surface area (Å²) in [6, 6.07) is 24.1. The van der Waals surface area contributed by atoms with Crippen LogP contribution in [-0.2, 0) is 12.2 Å². The lowest BCUT2D eigenvalue weighted by molar-refractivity contribution is 0.556. The molecule has 3 aromatic carbocycles. The topological polar surface area (TPSA) is 56.7 Å². The second-order valence-corrected chi connectivity index (χ2v) is 7.68. The Balaban J connectivity index is 1.46. The van der Waals surface area contributed by atoms with Gasteiger partial charge < -0.3 is 4.42 Å². The van der Waals surface area contributed by atoms with E-state index >= 15 is 0 Å². The van der Waals surface area contributed by atoms with E-state index in [0.717, 1.165) is 28.2 Å². The van der Waals surface area contributed by atoms with Crippen LogP contribution < -0.4 is 0 Å². The van der Waals surface area contributed by atoms with Gasteiger partial charge in [-0.2, -0.15) is 0 Å². The SMILES string of the molecule is Fc1ccc(-n2c(Cc3ccccc3)nnc2SCc2nc3ccccc3o2)cc1. The highest BCUT2D eigenvalue weighted by Gasteiger charge is 2.16. The van der Waals surface area contributed by atoms with Crippen LogP contribution in [0.25, 0.3) is 16.8 Å². The van der Waals surface area contributed by atoms with Crippen LogP contribution in [0.15, 0.2) is 88.4 Å². The molecule has 0 aliphatic rings. The summed E-state index contributed by atoms with van der Waals surface area (Å²) in [4.78, 5) is 4.52. The first kappa shape index (κ1) is 18.6. The van der Waals surface area contributed by atoms with Gasteiger partial charge in [-0.1, -0.05) is 54.2 Å². The maximum Gasteiger partial charge on any atom is 0.205 e. The monoisotopic (exact) mass is 416 g/mol. The van der Waals surface area contributed by atoms with Gasteiger partial charge in [-0.15, -0.1) is 10.2 Å². The zero-order valence-electron chi connectivity index (χ0n) is 15.9. The number of thioether (sulfide) groups is 1. The zero-order valence-corrected chi connectivity index (χ0v) is 16.7. The Hall–Kier alpha value is -3.45. The minimum Gasteiger partial charge on any atom is -0.440 e. The second kappa shape index (κ2) is 8.12. The summed E-state index contributed by atoms with van der Waals surface area (Å²) in [5.41, 5.74) is 3.53. The Morgan fingerprint density at radius 2 is 1.63 bits per heavy atom. The maximum absolute atomic E-state index is 13.5. The lowest BCUT2D eigenvalue weighted by Crippen LogP contribution is -2.04. The number of benzene rings is 3. The van der Waals surface area contributed by atoms with Crippen molar-refractivity contribution in [3.05, 3.63) is 102 Å². The van der Waals surface area contributed by atoms with Gasteiger partial charge in [0, 0.05) is 12.1 Å². The summed E-state index contributed by atoms with van der Waals surface area (Å²) >= 11 is 1.49. The Labute approximate surface area is 176 Å². The van der Waals surface area contributed by atoms with Gasteiger partial charge in [-0.05, 0) is 42.0 Å². The molecule has 5 aromatic rings. The Kier molecular flexibility index (Phi) is 5.03. The van der Waals surface area contributed by atoms with E-state index in [1.165, 1.54) is 23.9 Å². The largest absolute Gasteiger partial charge is 0.440 e. The van der Waals surface area contributed by atoms with Gasteiger partial charge in [0.2, 0.25) is 5.89 Å². The number of rotatable bonds is 6. The summed E-state index contributed by atoms with van der Waals surface area (Å²) in [5.74, 6) is 1.64. The van der Waals surface area contributed by atoms with E-state index in [1.54, 1.807) is 12.1 Å². The molecular formula is C23H17FN4OS. The van der Waals surface area contributed by atoms with Crippen molar-refractivity contribution >= 4 is 22.9 Å². The molecule has 2 aromatic heterocycles. The van der Waals surface area contributed by atoms with Gasteiger partial charge in [-0.3, -0.25) is 4.57 Å². The molecule has 30 heavy (non-hydrogen) atoms. The first-order chi connectivity index (χ1) is 14.8. The Bertz CT molecular complexity index is 1250. The molecule has 0 atom stereocenters. The molecule has 0 saturated carbocycles. The summed E-state index contributed by atoms with van der Waals surface area (Å²) in [6.45, 7) is 0. The van der Waals surface area contributed by atoms with E-state index in [4.69, 9.17) is 4.42 Å². The van der Waals surface area contributed by atoms with Gasteiger partial charge in [0.25, 0.3) is 0 Å². The van der Waals surface area contributed by atoms with E-state index in [9.17, 15) is 4.39 Å². The summed E-state index contributed by atoms with van der Waals surface area (Å²) < 4.78 is 21.3. The molecule has 2 heterocycles. The van der Waals surface area contributed by atoms with Crippen LogP contribution in [0.3, 0.4) is 0 Å². The lowest BCUT2D eigenvalue weighted by atomic mass is 10.1. The van der Waals surface area contributed by atoms with E-state index in [0.29, 0.717) is 23.2 Å². The molecule has 0 bridgehead atoms. The minimum atomic E-state index is -0.280. The summed E-state index contributed by atoms with van der Waals surface area (Å²) in [6.07, 6.45) is 0.620. The predicted octanol–water partition coefficient (Wildman–Crippen LogP) is 5.43. The van der Waals surface area contributed by atoms with Gasteiger partial charge in [0.15, 0.2) is 10.7 Å². The Morgan fingerprint density at radius 3 is 2.43 bits per heavy atom. The van der Waals surface area contributed by atoms with Crippen molar-refractivity contribution < 1.29 is 8.81 Å². The average molecular weight is 416 g/mol. The molecule has 0 saturated heterocycles. The fourth-order valence-corrected chi connectivity index (χ4v) is 4.06. The van der Waals surface area contributed by atoms with Gasteiger partial charge in [-0.25, -0.2) is 9.37 Å². The summed E-state index contributed by atoms with van der Waals surface area (Å²) in [7, 11) is 0. The fraction of sp³-hybridized carbons (Fsp3) is 0.0870. The average Bonchev–Trinajstić information content (AvgIpc) is 3.37. The molecule has 5 rings (SSSR count). The molecule has 0 fully saturated rings. The number of oxazole rings is 1. The van der Waals surface area contributed by atoms with Crippen LogP contribution >= 0.6 is 11.8 Å². The third-order valence-electron chi connectivity index (χ3n) is 4.65. The third-order valence-corrected chi connectivity index (χ3v) is 5.57. The van der Waals surface area contributed by atoms with Crippen LogP contribution in [0.1, 0.15) is 17.3 Å². The molecule has 0 N–H and O–H groups in total. The van der Waals surface area contributed by atoms with Crippen molar-refractivity contribution in [3.8, 4) is 5.69 Å². The minimum absolute atomic E-state index is 0.280. The van der Waals surface area contributed by atoms with E-state index in [-0.39, 0.29) is 5.82 Å². The van der Waals surface area contributed by atoms with Crippen LogP contribution in [0.5, 0.6) is 0 Å². The molecule has 0 unspecified atom stereocenters. The van der Waals surface area contributed by atoms with Crippen molar-refractivity contribution in [3.63, 3.8) is 0 Å². The highest BCUT2D eigenvalue weighted by Crippen LogP contribution is 2.27. The highest BCUT2D eigenvalue weighted by atomic mass is 32.2. The van der Waals surface area contributed by atoms with Crippen molar-refractivity contribution in [1.29, 1.82) is 0 Å². The van der Waals surface area contributed by atoms with Gasteiger partial charge >= 0.3 is 0 Å². The van der Waals surface area contributed by atoms with Crippen LogP contribution in [0, 0.1) is 5.82 Å². The number of hydrogen-bond donors (Lipinski definition) is 0. The van der Waals surface area contributed by atoms with E-state index in [1.807, 2.05) is 47.0 Å². The normalized spacial score (nSPS) is 11.2. The predicted molar refractivity (Wildman–Crippen MR) is 114 cm³/mol. The molecular weight excluding hydrogens is 399 g/mol. The third kappa shape index (κ3) is 3.84. The van der Waals surface area contributed by atoms with Crippen molar-refractivity contribution in [2.45, 2.75) is 17.3 Å². The first-order valence-electron chi connectivity index (χ1n) is 9.48. The number of hydrogen-bond acceptors (Lipinski definition) is 5. The summed E-state index contributed by atoms with van der Waals surface area (Å²) in [5, 5.41) is 9.51. The van der Waals surface area contributed by atoms with Crippen LogP contribution in [0.2, 0.25) is 0 Å². The molecule has 0 aliphatic heterocycles. The zero-order chi connectivity index (χ0) is 20.3. The molecule has 5 nitrogen and oxygen atoms in total.